The number of nitrogens with one attached hydrogen (secondary N) is 1. The molecule has 0 atom stereocenters. The summed E-state index contributed by atoms with van der Waals surface area (Å²) in [5.41, 5.74) is 7.02. The predicted molar refractivity (Wildman–Crippen MR) is 71.2 cm³/mol. The summed E-state index contributed by atoms with van der Waals surface area (Å²) in [5.74, 6) is -0.317. The lowest BCUT2D eigenvalue weighted by Gasteiger charge is -2.05. The maximum Gasteiger partial charge on any atom is 0.251 e. The van der Waals surface area contributed by atoms with Crippen LogP contribution in [0.25, 0.3) is 0 Å². The van der Waals surface area contributed by atoms with Crippen LogP contribution in [0.2, 0.25) is 0 Å². The number of amides is 1. The van der Waals surface area contributed by atoms with Gasteiger partial charge >= 0.3 is 0 Å². The van der Waals surface area contributed by atoms with E-state index in [-0.39, 0.29) is 18.2 Å². The number of carbonyl (C=O) groups is 1. The zero-order chi connectivity index (χ0) is 13.6. The topological polar surface area (TPSA) is 89.3 Å². The third-order valence-corrected chi connectivity index (χ3v) is 3.35. The highest BCUT2D eigenvalue weighted by Gasteiger charge is 2.07. The van der Waals surface area contributed by atoms with Crippen molar-refractivity contribution in [1.82, 2.24) is 5.32 Å². The van der Waals surface area contributed by atoms with E-state index in [1.54, 1.807) is 12.1 Å². The van der Waals surface area contributed by atoms with Crippen LogP contribution in [0.3, 0.4) is 0 Å². The van der Waals surface area contributed by atoms with Crippen LogP contribution in [-0.4, -0.2) is 39.4 Å². The molecule has 18 heavy (non-hydrogen) atoms. The van der Waals surface area contributed by atoms with E-state index in [0.29, 0.717) is 12.1 Å². The molecule has 0 fully saturated rings. The summed E-state index contributed by atoms with van der Waals surface area (Å²) >= 11 is 0. The molecule has 3 N–H and O–H groups in total. The Balaban J connectivity index is 2.51. The maximum absolute atomic E-state index is 11.7. The van der Waals surface area contributed by atoms with E-state index >= 15 is 0 Å². The second-order valence-electron chi connectivity index (χ2n) is 4.12. The van der Waals surface area contributed by atoms with Gasteiger partial charge in [-0.2, -0.15) is 0 Å². The normalized spacial score (nSPS) is 11.2. The van der Waals surface area contributed by atoms with Gasteiger partial charge in [-0.25, -0.2) is 8.42 Å². The first kappa shape index (κ1) is 14.7. The van der Waals surface area contributed by atoms with Crippen LogP contribution in [0.5, 0.6) is 0 Å². The van der Waals surface area contributed by atoms with E-state index in [1.807, 2.05) is 12.1 Å². The van der Waals surface area contributed by atoms with Crippen LogP contribution >= 0.6 is 0 Å². The van der Waals surface area contributed by atoms with Gasteiger partial charge in [0.05, 0.1) is 5.75 Å². The molecule has 0 spiro atoms. The highest BCUT2D eigenvalue weighted by molar-refractivity contribution is 7.90. The molecule has 0 unspecified atom stereocenters. The molecule has 0 aromatic heterocycles. The van der Waals surface area contributed by atoms with Crippen LogP contribution in [0.1, 0.15) is 15.9 Å². The first-order chi connectivity index (χ1) is 8.42. The molecule has 1 aromatic carbocycles. The van der Waals surface area contributed by atoms with Crippen molar-refractivity contribution in [3.8, 4) is 0 Å². The molecule has 1 aromatic rings. The minimum absolute atomic E-state index is 0.0516. The zero-order valence-electron chi connectivity index (χ0n) is 10.3. The fourth-order valence-electron chi connectivity index (χ4n) is 1.44. The van der Waals surface area contributed by atoms with Gasteiger partial charge in [0, 0.05) is 18.4 Å². The van der Waals surface area contributed by atoms with Crippen molar-refractivity contribution in [2.75, 3.05) is 25.1 Å². The lowest BCUT2D eigenvalue weighted by molar-refractivity contribution is 0.0956. The largest absolute Gasteiger partial charge is 0.351 e. The van der Waals surface area contributed by atoms with E-state index in [9.17, 15) is 13.2 Å². The molecule has 0 aliphatic carbocycles. The van der Waals surface area contributed by atoms with Crippen molar-refractivity contribution in [2.45, 2.75) is 6.42 Å². The maximum atomic E-state index is 11.7. The van der Waals surface area contributed by atoms with Crippen LogP contribution in [0.15, 0.2) is 24.3 Å². The Morgan fingerprint density at radius 2 is 1.89 bits per heavy atom. The average Bonchev–Trinajstić information content (AvgIpc) is 2.28. The molecule has 1 amide bonds. The van der Waals surface area contributed by atoms with Crippen LogP contribution in [0, 0.1) is 0 Å². The van der Waals surface area contributed by atoms with Crippen molar-refractivity contribution in [1.29, 1.82) is 0 Å². The number of nitrogens with two attached hydrogens (primary N) is 1. The number of hydrogen-bond acceptors (Lipinski definition) is 4. The molecule has 1 rings (SSSR count). The third-order valence-electron chi connectivity index (χ3n) is 2.41. The Hall–Kier alpha value is -1.40. The van der Waals surface area contributed by atoms with Crippen LogP contribution in [-0.2, 0) is 16.3 Å². The van der Waals surface area contributed by atoms with Crippen molar-refractivity contribution >= 4 is 15.7 Å². The summed E-state index contributed by atoms with van der Waals surface area (Å²) in [7, 11) is -3.04. The van der Waals surface area contributed by atoms with Gasteiger partial charge < -0.3 is 11.1 Å². The molecule has 5 nitrogen and oxygen atoms in total. The van der Waals surface area contributed by atoms with Crippen molar-refractivity contribution in [3.05, 3.63) is 35.4 Å². The third kappa shape index (κ3) is 5.29. The zero-order valence-corrected chi connectivity index (χ0v) is 11.2. The second kappa shape index (κ2) is 6.51. The number of rotatable bonds is 6. The summed E-state index contributed by atoms with van der Waals surface area (Å²) in [6, 6.07) is 7.11. The molecule has 0 radical (unpaired) electrons. The summed E-state index contributed by atoms with van der Waals surface area (Å²) in [5, 5.41) is 2.56. The summed E-state index contributed by atoms with van der Waals surface area (Å²) < 4.78 is 21.8. The Morgan fingerprint density at radius 1 is 1.28 bits per heavy atom. The van der Waals surface area contributed by atoms with Crippen molar-refractivity contribution in [3.63, 3.8) is 0 Å². The number of hydrogen-bond donors (Lipinski definition) is 2. The van der Waals surface area contributed by atoms with Crippen LogP contribution < -0.4 is 11.1 Å². The highest BCUT2D eigenvalue weighted by atomic mass is 32.2. The number of carbonyl (C=O) groups excluding carboxylic acids is 1. The molecule has 0 saturated carbocycles. The van der Waals surface area contributed by atoms with Gasteiger partial charge in [0.25, 0.3) is 5.91 Å². The fourth-order valence-corrected chi connectivity index (χ4v) is 1.91. The van der Waals surface area contributed by atoms with Gasteiger partial charge in [0.15, 0.2) is 0 Å². The minimum atomic E-state index is -3.04. The lowest BCUT2D eigenvalue weighted by Crippen LogP contribution is -2.28. The van der Waals surface area contributed by atoms with Crippen molar-refractivity contribution < 1.29 is 13.2 Å². The molecule has 0 saturated heterocycles. The van der Waals surface area contributed by atoms with Gasteiger partial charge in [-0.05, 0) is 30.7 Å². The Bertz CT molecular complexity index is 495. The van der Waals surface area contributed by atoms with Crippen molar-refractivity contribution in [2.24, 2.45) is 5.73 Å². The first-order valence-corrected chi connectivity index (χ1v) is 7.73. The molecule has 0 heterocycles. The Morgan fingerprint density at radius 3 is 2.39 bits per heavy atom. The van der Waals surface area contributed by atoms with E-state index in [1.165, 1.54) is 0 Å². The van der Waals surface area contributed by atoms with Gasteiger partial charge in [-0.1, -0.05) is 12.1 Å². The fraction of sp³-hybridized carbons (Fsp3) is 0.417. The quantitative estimate of drug-likeness (QED) is 0.759. The molecular formula is C12H18N2O3S. The molecule has 6 heteroatoms. The lowest BCUT2D eigenvalue weighted by atomic mass is 10.1. The number of benzene rings is 1. The molecule has 0 bridgehead atoms. The summed E-state index contributed by atoms with van der Waals surface area (Å²) in [6.07, 6.45) is 1.91. The van der Waals surface area contributed by atoms with E-state index in [4.69, 9.17) is 5.73 Å². The van der Waals surface area contributed by atoms with E-state index < -0.39 is 9.84 Å². The van der Waals surface area contributed by atoms with Gasteiger partial charge in [-0.3, -0.25) is 4.79 Å². The predicted octanol–water partition coefficient (Wildman–Crippen LogP) is -0.0378. The Labute approximate surface area is 107 Å². The van der Waals surface area contributed by atoms with E-state index in [2.05, 4.69) is 5.32 Å². The molecular weight excluding hydrogens is 252 g/mol. The molecule has 0 aliphatic rings. The van der Waals surface area contributed by atoms with Crippen LogP contribution in [0.4, 0.5) is 0 Å². The number of sulfone groups is 1. The average molecular weight is 270 g/mol. The highest BCUT2D eigenvalue weighted by Crippen LogP contribution is 2.04. The minimum Gasteiger partial charge on any atom is -0.351 e. The second-order valence-corrected chi connectivity index (χ2v) is 6.38. The van der Waals surface area contributed by atoms with Gasteiger partial charge in [0.1, 0.15) is 9.84 Å². The van der Waals surface area contributed by atoms with Gasteiger partial charge in [-0.15, -0.1) is 0 Å². The standard InChI is InChI=1S/C12H18N2O3S/c1-18(16,17)9-8-14-12(15)11-4-2-10(3-5-11)6-7-13/h2-5H,6-9,13H2,1H3,(H,14,15). The first-order valence-electron chi connectivity index (χ1n) is 5.67. The smallest absolute Gasteiger partial charge is 0.251 e. The SMILES string of the molecule is CS(=O)(=O)CCNC(=O)c1ccc(CCN)cc1. The van der Waals surface area contributed by atoms with E-state index in [0.717, 1.165) is 18.2 Å². The molecule has 100 valence electrons. The summed E-state index contributed by atoms with van der Waals surface area (Å²) in [4.78, 5) is 11.7. The summed E-state index contributed by atoms with van der Waals surface area (Å²) in [6.45, 7) is 0.697. The molecule has 0 aliphatic heterocycles. The monoisotopic (exact) mass is 270 g/mol. The van der Waals surface area contributed by atoms with Gasteiger partial charge in [0.2, 0.25) is 0 Å². The Kier molecular flexibility index (Phi) is 5.30.